The number of pyridine rings is 1. The van der Waals surface area contributed by atoms with E-state index < -0.39 is 11.5 Å². The van der Waals surface area contributed by atoms with Gasteiger partial charge in [-0.05, 0) is 60.5 Å². The summed E-state index contributed by atoms with van der Waals surface area (Å²) < 4.78 is 16.6. The SMILES string of the molecule is CCOC(=O)COc1c(Br)cc(-c2cc(C)[nH]c(=O)c2C#N)cc1OCC. The van der Waals surface area contributed by atoms with Crippen LogP contribution in [0.4, 0.5) is 0 Å². The molecule has 8 heteroatoms. The molecule has 0 radical (unpaired) electrons. The Labute approximate surface area is 165 Å². The Morgan fingerprint density at radius 2 is 1.96 bits per heavy atom. The molecule has 0 saturated carbocycles. The summed E-state index contributed by atoms with van der Waals surface area (Å²) >= 11 is 3.41. The Morgan fingerprint density at radius 3 is 2.59 bits per heavy atom. The molecule has 0 atom stereocenters. The molecule has 0 amide bonds. The maximum absolute atomic E-state index is 12.1. The van der Waals surface area contributed by atoms with E-state index in [9.17, 15) is 14.9 Å². The van der Waals surface area contributed by atoms with Crippen LogP contribution in [0.15, 0.2) is 27.5 Å². The van der Waals surface area contributed by atoms with E-state index in [0.29, 0.717) is 39.4 Å². The molecule has 1 N–H and O–H groups in total. The van der Waals surface area contributed by atoms with Gasteiger partial charge < -0.3 is 19.2 Å². The number of nitrogens with zero attached hydrogens (tertiary/aromatic N) is 1. The Morgan fingerprint density at radius 1 is 1.22 bits per heavy atom. The number of carbonyl (C=O) groups is 1. The van der Waals surface area contributed by atoms with Gasteiger partial charge in [-0.1, -0.05) is 0 Å². The van der Waals surface area contributed by atoms with E-state index in [1.165, 1.54) is 0 Å². The van der Waals surface area contributed by atoms with Gasteiger partial charge in [0, 0.05) is 11.3 Å². The minimum absolute atomic E-state index is 0.00939. The molecule has 1 aromatic heterocycles. The maximum atomic E-state index is 12.1. The molecule has 0 aliphatic rings. The van der Waals surface area contributed by atoms with Crippen molar-refractivity contribution in [3.05, 3.63) is 44.3 Å². The summed E-state index contributed by atoms with van der Waals surface area (Å²) in [6.07, 6.45) is 0. The van der Waals surface area contributed by atoms with Gasteiger partial charge in [-0.3, -0.25) is 4.79 Å². The second kappa shape index (κ2) is 9.24. The van der Waals surface area contributed by atoms with Gasteiger partial charge in [0.05, 0.1) is 17.7 Å². The number of hydrogen-bond acceptors (Lipinski definition) is 6. The number of nitriles is 1. The molecule has 2 rings (SSSR count). The van der Waals surface area contributed by atoms with Crippen molar-refractivity contribution in [1.29, 1.82) is 5.26 Å². The summed E-state index contributed by atoms with van der Waals surface area (Å²) in [5.41, 5.74) is 1.28. The zero-order valence-corrected chi connectivity index (χ0v) is 16.8. The second-order valence-corrected chi connectivity index (χ2v) is 6.35. The average Bonchev–Trinajstić information content (AvgIpc) is 2.60. The van der Waals surface area contributed by atoms with E-state index in [2.05, 4.69) is 20.9 Å². The number of benzene rings is 1. The van der Waals surface area contributed by atoms with Crippen LogP contribution in [0.5, 0.6) is 11.5 Å². The number of nitrogens with one attached hydrogen (secondary N) is 1. The number of aromatic nitrogens is 1. The number of aryl methyl sites for hydroxylation is 1. The molecule has 7 nitrogen and oxygen atoms in total. The van der Waals surface area contributed by atoms with E-state index >= 15 is 0 Å². The largest absolute Gasteiger partial charge is 0.490 e. The fourth-order valence-electron chi connectivity index (χ4n) is 2.49. The van der Waals surface area contributed by atoms with Gasteiger partial charge in [-0.25, -0.2) is 4.79 Å². The van der Waals surface area contributed by atoms with Crippen LogP contribution in [0.3, 0.4) is 0 Å². The summed E-state index contributed by atoms with van der Waals surface area (Å²) in [5, 5.41) is 9.35. The fourth-order valence-corrected chi connectivity index (χ4v) is 3.04. The van der Waals surface area contributed by atoms with Crippen molar-refractivity contribution in [3.8, 4) is 28.7 Å². The van der Waals surface area contributed by atoms with Crippen LogP contribution in [0.2, 0.25) is 0 Å². The van der Waals surface area contributed by atoms with Gasteiger partial charge in [0.1, 0.15) is 11.6 Å². The summed E-state index contributed by atoms with van der Waals surface area (Å²) in [5.74, 6) is 0.231. The van der Waals surface area contributed by atoms with Crippen LogP contribution >= 0.6 is 15.9 Å². The molecule has 0 bridgehead atoms. The number of carbonyl (C=O) groups excluding carboxylic acids is 1. The minimum Gasteiger partial charge on any atom is -0.490 e. The number of aromatic amines is 1. The number of esters is 1. The minimum atomic E-state index is -0.493. The van der Waals surface area contributed by atoms with Crippen molar-refractivity contribution in [1.82, 2.24) is 4.98 Å². The lowest BCUT2D eigenvalue weighted by atomic mass is 10.0. The lowest BCUT2D eigenvalue weighted by molar-refractivity contribution is -0.145. The molecule has 27 heavy (non-hydrogen) atoms. The smallest absolute Gasteiger partial charge is 0.344 e. The van der Waals surface area contributed by atoms with Crippen molar-refractivity contribution in [2.75, 3.05) is 19.8 Å². The van der Waals surface area contributed by atoms with E-state index in [0.717, 1.165) is 0 Å². The Bertz CT molecular complexity index is 946. The van der Waals surface area contributed by atoms with Gasteiger partial charge in [0.25, 0.3) is 5.56 Å². The molecule has 0 aliphatic carbocycles. The average molecular weight is 435 g/mol. The van der Waals surface area contributed by atoms with Crippen molar-refractivity contribution in [2.45, 2.75) is 20.8 Å². The predicted molar refractivity (Wildman–Crippen MR) is 103 cm³/mol. The first-order valence-electron chi connectivity index (χ1n) is 8.30. The third-order valence-electron chi connectivity index (χ3n) is 3.54. The number of ether oxygens (including phenoxy) is 3. The third-order valence-corrected chi connectivity index (χ3v) is 4.13. The van der Waals surface area contributed by atoms with Crippen LogP contribution < -0.4 is 15.0 Å². The third kappa shape index (κ3) is 4.89. The normalized spacial score (nSPS) is 10.2. The molecule has 0 fully saturated rings. The van der Waals surface area contributed by atoms with E-state index in [1.807, 2.05) is 13.0 Å². The summed E-state index contributed by atoms with van der Waals surface area (Å²) in [4.78, 5) is 26.2. The van der Waals surface area contributed by atoms with E-state index in [-0.39, 0.29) is 18.8 Å². The van der Waals surface area contributed by atoms with Crippen molar-refractivity contribution in [2.24, 2.45) is 0 Å². The Balaban J connectivity index is 2.52. The zero-order chi connectivity index (χ0) is 20.0. The number of H-pyrrole nitrogens is 1. The molecule has 2 aromatic rings. The van der Waals surface area contributed by atoms with Gasteiger partial charge in [-0.15, -0.1) is 0 Å². The van der Waals surface area contributed by atoms with E-state index in [1.54, 1.807) is 32.0 Å². The Kier molecular flexibility index (Phi) is 7.02. The van der Waals surface area contributed by atoms with Crippen LogP contribution in [0.25, 0.3) is 11.1 Å². The fraction of sp³-hybridized carbons (Fsp3) is 0.316. The van der Waals surface area contributed by atoms with Gasteiger partial charge in [-0.2, -0.15) is 5.26 Å². The summed E-state index contributed by atoms with van der Waals surface area (Å²) in [6.45, 7) is 5.63. The van der Waals surface area contributed by atoms with E-state index in [4.69, 9.17) is 14.2 Å². The van der Waals surface area contributed by atoms with Crippen LogP contribution in [-0.2, 0) is 9.53 Å². The highest BCUT2D eigenvalue weighted by molar-refractivity contribution is 9.10. The summed E-state index contributed by atoms with van der Waals surface area (Å²) in [7, 11) is 0. The number of rotatable bonds is 7. The van der Waals surface area contributed by atoms with Crippen molar-refractivity contribution < 1.29 is 19.0 Å². The molecule has 0 unspecified atom stereocenters. The number of hydrogen-bond donors (Lipinski definition) is 1. The van der Waals surface area contributed by atoms with Crippen molar-refractivity contribution >= 4 is 21.9 Å². The van der Waals surface area contributed by atoms with Gasteiger partial charge in [0.15, 0.2) is 18.1 Å². The first-order valence-corrected chi connectivity index (χ1v) is 9.09. The standard InChI is InChI=1S/C19H19BrN2O5/c1-4-25-16-8-12(13-6-11(3)22-19(24)14(13)9-21)7-15(20)18(16)27-10-17(23)26-5-2/h6-8H,4-5,10H2,1-3H3,(H,22,24). The first-order chi connectivity index (χ1) is 12.9. The first kappa shape index (κ1) is 20.5. The highest BCUT2D eigenvalue weighted by Gasteiger charge is 2.18. The number of halogens is 1. The molecule has 142 valence electrons. The van der Waals surface area contributed by atoms with Gasteiger partial charge >= 0.3 is 5.97 Å². The molecule has 1 aromatic carbocycles. The maximum Gasteiger partial charge on any atom is 0.344 e. The monoisotopic (exact) mass is 434 g/mol. The van der Waals surface area contributed by atoms with Crippen molar-refractivity contribution in [3.63, 3.8) is 0 Å². The van der Waals surface area contributed by atoms with Crippen LogP contribution in [0.1, 0.15) is 25.1 Å². The molecule has 0 aliphatic heterocycles. The Hall–Kier alpha value is -2.79. The molecule has 0 saturated heterocycles. The lowest BCUT2D eigenvalue weighted by Gasteiger charge is -2.16. The van der Waals surface area contributed by atoms with Crippen LogP contribution in [-0.4, -0.2) is 30.8 Å². The quantitative estimate of drug-likeness (QED) is 0.670. The summed E-state index contributed by atoms with van der Waals surface area (Å²) in [6, 6.07) is 7.03. The molecular formula is C19H19BrN2O5. The van der Waals surface area contributed by atoms with Gasteiger partial charge in [0.2, 0.25) is 0 Å². The second-order valence-electron chi connectivity index (χ2n) is 5.49. The molecule has 1 heterocycles. The topological polar surface area (TPSA) is 101 Å². The molecule has 0 spiro atoms. The highest BCUT2D eigenvalue weighted by Crippen LogP contribution is 2.40. The van der Waals surface area contributed by atoms with Crippen LogP contribution in [0, 0.1) is 18.3 Å². The molecular weight excluding hydrogens is 416 g/mol. The predicted octanol–water partition coefficient (Wildman–Crippen LogP) is 3.33. The highest BCUT2D eigenvalue weighted by atomic mass is 79.9. The lowest BCUT2D eigenvalue weighted by Crippen LogP contribution is -2.15. The zero-order valence-electron chi connectivity index (χ0n) is 15.2.